The predicted octanol–water partition coefficient (Wildman–Crippen LogP) is 5.60. The van der Waals surface area contributed by atoms with Crippen molar-refractivity contribution in [3.63, 3.8) is 0 Å². The van der Waals surface area contributed by atoms with Gasteiger partial charge in [-0.05, 0) is 63.0 Å². The minimum Gasteiger partial charge on any atom is -0.490 e. The van der Waals surface area contributed by atoms with Crippen LogP contribution in [0.3, 0.4) is 0 Å². The van der Waals surface area contributed by atoms with E-state index in [0.29, 0.717) is 31.3 Å². The third kappa shape index (κ3) is 5.22. The van der Waals surface area contributed by atoms with E-state index in [-0.39, 0.29) is 17.6 Å². The molecule has 3 rings (SSSR count). The van der Waals surface area contributed by atoms with Gasteiger partial charge in [-0.1, -0.05) is 19.9 Å². The van der Waals surface area contributed by atoms with Crippen molar-refractivity contribution in [2.24, 2.45) is 5.92 Å². The molecule has 1 aromatic rings. The molecule has 1 heterocycles. The molecule has 1 aromatic carbocycles. The Morgan fingerprint density at radius 1 is 1.15 bits per heavy atom. The van der Waals surface area contributed by atoms with Gasteiger partial charge in [-0.2, -0.15) is 8.78 Å². The number of benzene rings is 1. The Bertz CT molecular complexity index is 651. The van der Waals surface area contributed by atoms with Crippen LogP contribution in [0.5, 0.6) is 11.5 Å². The summed E-state index contributed by atoms with van der Waals surface area (Å²) in [5.41, 5.74) is 0.664. The Balaban J connectivity index is 1.54. The molecule has 0 bridgehead atoms. The maximum absolute atomic E-state index is 14.4. The van der Waals surface area contributed by atoms with Gasteiger partial charge in [0.2, 0.25) is 11.6 Å². The van der Waals surface area contributed by atoms with Gasteiger partial charge in [0.25, 0.3) is 0 Å². The number of ether oxygens (including phenoxy) is 3. The molecule has 1 aliphatic heterocycles. The molecule has 0 saturated heterocycles. The van der Waals surface area contributed by atoms with E-state index < -0.39 is 11.6 Å². The summed E-state index contributed by atoms with van der Waals surface area (Å²) in [5.74, 6) is -1.13. The molecule has 2 aliphatic rings. The molecule has 0 radical (unpaired) electrons. The second kappa shape index (κ2) is 9.54. The van der Waals surface area contributed by atoms with Gasteiger partial charge in [0.1, 0.15) is 6.10 Å². The highest BCUT2D eigenvalue weighted by Crippen LogP contribution is 2.37. The highest BCUT2D eigenvalue weighted by molar-refractivity contribution is 5.44. The Kier molecular flexibility index (Phi) is 7.11. The third-order valence-electron chi connectivity index (χ3n) is 5.38. The van der Waals surface area contributed by atoms with Crippen LogP contribution in [-0.2, 0) is 11.2 Å². The van der Waals surface area contributed by atoms with Crippen LogP contribution in [0.4, 0.5) is 8.78 Å². The molecule has 1 atom stereocenters. The van der Waals surface area contributed by atoms with Crippen molar-refractivity contribution >= 4 is 0 Å². The maximum atomic E-state index is 14.4. The fourth-order valence-electron chi connectivity index (χ4n) is 3.70. The first-order valence-corrected chi connectivity index (χ1v) is 10.2. The average Bonchev–Trinajstić information content (AvgIpc) is 2.68. The molecule has 0 spiro atoms. The highest BCUT2D eigenvalue weighted by atomic mass is 19.2. The Hall–Kier alpha value is -1.62. The fraction of sp³-hybridized carbons (Fsp3) is 0.636. The smallest absolute Gasteiger partial charge is 0.204 e. The van der Waals surface area contributed by atoms with E-state index >= 15 is 0 Å². The summed E-state index contributed by atoms with van der Waals surface area (Å²) in [4.78, 5) is 0. The van der Waals surface area contributed by atoms with Crippen molar-refractivity contribution < 1.29 is 23.0 Å². The molecule has 0 amide bonds. The summed E-state index contributed by atoms with van der Waals surface area (Å²) in [7, 11) is 0. The zero-order valence-electron chi connectivity index (χ0n) is 16.3. The average molecular weight is 380 g/mol. The molecule has 27 heavy (non-hydrogen) atoms. The summed E-state index contributed by atoms with van der Waals surface area (Å²) < 4.78 is 45.4. The Morgan fingerprint density at radius 3 is 2.67 bits per heavy atom. The normalized spacial score (nSPS) is 25.3. The van der Waals surface area contributed by atoms with Crippen molar-refractivity contribution in [3.8, 4) is 11.5 Å². The van der Waals surface area contributed by atoms with Crippen LogP contribution < -0.4 is 9.47 Å². The van der Waals surface area contributed by atoms with Crippen molar-refractivity contribution in [1.82, 2.24) is 0 Å². The molecule has 1 fully saturated rings. The molecule has 5 heteroatoms. The maximum Gasteiger partial charge on any atom is 0.204 e. The van der Waals surface area contributed by atoms with Gasteiger partial charge < -0.3 is 14.2 Å². The van der Waals surface area contributed by atoms with Crippen molar-refractivity contribution in [3.05, 3.63) is 35.4 Å². The van der Waals surface area contributed by atoms with Gasteiger partial charge >= 0.3 is 0 Å². The van der Waals surface area contributed by atoms with Crippen LogP contribution in [0.15, 0.2) is 18.2 Å². The summed E-state index contributed by atoms with van der Waals surface area (Å²) in [5, 5.41) is 0. The van der Waals surface area contributed by atoms with Gasteiger partial charge in [0.15, 0.2) is 11.5 Å². The highest BCUT2D eigenvalue weighted by Gasteiger charge is 2.26. The van der Waals surface area contributed by atoms with Gasteiger partial charge in [-0.25, -0.2) is 0 Å². The van der Waals surface area contributed by atoms with Gasteiger partial charge in [0.05, 0.1) is 19.3 Å². The van der Waals surface area contributed by atoms with E-state index in [1.54, 1.807) is 6.07 Å². The van der Waals surface area contributed by atoms with Gasteiger partial charge in [-0.15, -0.1) is 0 Å². The minimum atomic E-state index is -0.971. The summed E-state index contributed by atoms with van der Waals surface area (Å²) in [6.07, 6.45) is 10.7. The van der Waals surface area contributed by atoms with Crippen LogP contribution in [0.25, 0.3) is 0 Å². The van der Waals surface area contributed by atoms with E-state index in [0.717, 1.165) is 31.6 Å². The zero-order valence-corrected chi connectivity index (χ0v) is 16.3. The molecular weight excluding hydrogens is 350 g/mol. The number of fused-ring (bicyclic) bond motifs is 1. The van der Waals surface area contributed by atoms with Crippen molar-refractivity contribution in [2.45, 2.75) is 71.0 Å². The molecule has 1 aliphatic carbocycles. The zero-order chi connectivity index (χ0) is 19.2. The SMILES string of the molecule is CCCOc1cc2c(c(F)c1F)OC(/C=C/COC1CCC(C)CC1)CC2. The summed E-state index contributed by atoms with van der Waals surface area (Å²) in [6, 6.07) is 1.57. The predicted molar refractivity (Wildman–Crippen MR) is 101 cm³/mol. The largest absolute Gasteiger partial charge is 0.490 e. The lowest BCUT2D eigenvalue weighted by molar-refractivity contribution is 0.0363. The van der Waals surface area contributed by atoms with Crippen LogP contribution >= 0.6 is 0 Å². The number of halogens is 2. The Morgan fingerprint density at radius 2 is 1.93 bits per heavy atom. The molecular formula is C22H30F2O3. The fourth-order valence-corrected chi connectivity index (χ4v) is 3.70. The molecule has 1 unspecified atom stereocenters. The standard InChI is InChI=1S/C22H30F2O3/c1-3-12-26-19-14-16-8-11-18(27-22(16)21(24)20(19)23)5-4-13-25-17-9-6-15(2)7-10-17/h4-5,14-15,17-18H,3,6-13H2,1-2H3/b5-4+. The molecule has 3 nitrogen and oxygen atoms in total. The summed E-state index contributed by atoms with van der Waals surface area (Å²) >= 11 is 0. The summed E-state index contributed by atoms with van der Waals surface area (Å²) in [6.45, 7) is 5.11. The molecule has 150 valence electrons. The Labute approximate surface area is 160 Å². The van der Waals surface area contributed by atoms with Crippen molar-refractivity contribution in [2.75, 3.05) is 13.2 Å². The van der Waals surface area contributed by atoms with Crippen LogP contribution in [-0.4, -0.2) is 25.4 Å². The lowest BCUT2D eigenvalue weighted by Crippen LogP contribution is -2.23. The third-order valence-corrected chi connectivity index (χ3v) is 5.38. The lowest BCUT2D eigenvalue weighted by atomic mass is 9.89. The molecule has 1 saturated carbocycles. The van der Waals surface area contributed by atoms with Crippen LogP contribution in [0.1, 0.15) is 57.9 Å². The molecule has 0 N–H and O–H groups in total. The van der Waals surface area contributed by atoms with Gasteiger partial charge in [-0.3, -0.25) is 0 Å². The van der Waals surface area contributed by atoms with E-state index in [9.17, 15) is 8.78 Å². The van der Waals surface area contributed by atoms with Crippen LogP contribution in [0.2, 0.25) is 0 Å². The lowest BCUT2D eigenvalue weighted by Gasteiger charge is -2.26. The van der Waals surface area contributed by atoms with Gasteiger partial charge in [0, 0.05) is 5.56 Å². The minimum absolute atomic E-state index is 0.0134. The van der Waals surface area contributed by atoms with Crippen LogP contribution in [0, 0.1) is 17.6 Å². The second-order valence-corrected chi connectivity index (χ2v) is 7.68. The topological polar surface area (TPSA) is 27.7 Å². The van der Waals surface area contributed by atoms with E-state index in [2.05, 4.69) is 6.92 Å². The van der Waals surface area contributed by atoms with E-state index in [1.807, 2.05) is 19.1 Å². The number of rotatable bonds is 7. The van der Waals surface area contributed by atoms with E-state index in [4.69, 9.17) is 14.2 Å². The first-order valence-electron chi connectivity index (χ1n) is 10.2. The number of hydrogen-bond acceptors (Lipinski definition) is 3. The first kappa shape index (κ1) is 20.1. The quantitative estimate of drug-likeness (QED) is 0.577. The van der Waals surface area contributed by atoms with E-state index in [1.165, 1.54) is 12.8 Å². The molecule has 0 aromatic heterocycles. The number of aryl methyl sites for hydroxylation is 1. The second-order valence-electron chi connectivity index (χ2n) is 7.68. The monoisotopic (exact) mass is 380 g/mol. The van der Waals surface area contributed by atoms with Crippen molar-refractivity contribution in [1.29, 1.82) is 0 Å². The number of hydrogen-bond donors (Lipinski definition) is 0. The first-order chi connectivity index (χ1) is 13.1.